The number of Topliss-reactive ketones (excluding diaryl/α,β-unsaturated/α-hetero) is 1. The Morgan fingerprint density at radius 1 is 1.04 bits per heavy atom. The standard InChI is InChI=1S/C22H21ClN2O/c23-17-3-1-2-16(7-17)18-19(22(18,11-24)12-25)20(26)21-8-13-4-14(9-21)6-15(5-13)10-21/h1-3,7,13-15,18-19H,4-6,8-10H2/t13?,14?,15?,18-,19-,21?/m1/s1. The van der Waals surface area contributed by atoms with Crippen molar-refractivity contribution in [1.29, 1.82) is 10.5 Å². The van der Waals surface area contributed by atoms with E-state index in [0.29, 0.717) is 22.8 Å². The van der Waals surface area contributed by atoms with Gasteiger partial charge < -0.3 is 0 Å². The van der Waals surface area contributed by atoms with Crippen LogP contribution in [-0.2, 0) is 4.79 Å². The molecule has 3 nitrogen and oxygen atoms in total. The van der Waals surface area contributed by atoms with Gasteiger partial charge in [-0.15, -0.1) is 0 Å². The van der Waals surface area contributed by atoms with Gasteiger partial charge in [0.2, 0.25) is 0 Å². The Balaban J connectivity index is 1.52. The van der Waals surface area contributed by atoms with E-state index in [1.54, 1.807) is 6.07 Å². The fraction of sp³-hybridized carbons (Fsp3) is 0.591. The Bertz CT molecular complexity index is 828. The zero-order valence-electron chi connectivity index (χ0n) is 14.6. The third kappa shape index (κ3) is 2.07. The van der Waals surface area contributed by atoms with Crippen LogP contribution in [0, 0.1) is 57.2 Å². The maximum atomic E-state index is 13.7. The van der Waals surface area contributed by atoms with Gasteiger partial charge in [-0.05, 0) is 74.0 Å². The Hall–Kier alpha value is -1.84. The number of halogens is 1. The number of benzene rings is 1. The lowest BCUT2D eigenvalue weighted by Gasteiger charge is -2.56. The summed E-state index contributed by atoms with van der Waals surface area (Å²) in [5.41, 5.74) is -0.639. The average Bonchev–Trinajstić information content (AvgIpc) is 3.29. The van der Waals surface area contributed by atoms with Crippen LogP contribution >= 0.6 is 11.6 Å². The summed E-state index contributed by atoms with van der Waals surface area (Å²) >= 11 is 6.13. The highest BCUT2D eigenvalue weighted by Crippen LogP contribution is 2.70. The summed E-state index contributed by atoms with van der Waals surface area (Å²) in [7, 11) is 0. The molecular formula is C22H21ClN2O. The zero-order chi connectivity index (χ0) is 18.1. The van der Waals surface area contributed by atoms with E-state index in [1.807, 2.05) is 18.2 Å². The SMILES string of the molecule is N#CC1(C#N)[C@H](c2cccc(Cl)c2)[C@@H]1C(=O)C12CC3CC(CC(C3)C1)C2. The van der Waals surface area contributed by atoms with Gasteiger partial charge in [0.1, 0.15) is 5.78 Å². The van der Waals surface area contributed by atoms with Crippen LogP contribution < -0.4 is 0 Å². The van der Waals surface area contributed by atoms with Crippen LogP contribution in [0.2, 0.25) is 5.02 Å². The molecule has 4 bridgehead atoms. The molecule has 0 heterocycles. The fourth-order valence-corrected chi connectivity index (χ4v) is 7.15. The van der Waals surface area contributed by atoms with E-state index in [9.17, 15) is 15.3 Å². The molecule has 5 aliphatic carbocycles. The average molecular weight is 365 g/mol. The lowest BCUT2D eigenvalue weighted by atomic mass is 9.48. The smallest absolute Gasteiger partial charge is 0.161 e. The van der Waals surface area contributed by atoms with Gasteiger partial charge in [-0.3, -0.25) is 4.79 Å². The van der Waals surface area contributed by atoms with Crippen LogP contribution in [0.4, 0.5) is 0 Å². The van der Waals surface area contributed by atoms with Crippen LogP contribution in [0.1, 0.15) is 50.0 Å². The Labute approximate surface area is 158 Å². The second kappa shape index (κ2) is 5.34. The van der Waals surface area contributed by atoms with Gasteiger partial charge in [-0.2, -0.15) is 10.5 Å². The monoisotopic (exact) mass is 364 g/mol. The van der Waals surface area contributed by atoms with Gasteiger partial charge in [0.25, 0.3) is 0 Å². The van der Waals surface area contributed by atoms with Crippen molar-refractivity contribution in [2.24, 2.45) is 34.5 Å². The van der Waals surface area contributed by atoms with Gasteiger partial charge in [-0.1, -0.05) is 23.7 Å². The highest BCUT2D eigenvalue weighted by Gasteiger charge is 2.73. The third-order valence-electron chi connectivity index (χ3n) is 7.63. The lowest BCUT2D eigenvalue weighted by Crippen LogP contribution is -2.50. The number of nitrogens with zero attached hydrogens (tertiary/aromatic N) is 2. The first-order chi connectivity index (χ1) is 12.5. The predicted molar refractivity (Wildman–Crippen MR) is 97.0 cm³/mol. The molecule has 0 N–H and O–H groups in total. The largest absolute Gasteiger partial charge is 0.299 e. The molecular weight excluding hydrogens is 344 g/mol. The van der Waals surface area contributed by atoms with Crippen molar-refractivity contribution in [2.75, 3.05) is 0 Å². The maximum Gasteiger partial charge on any atom is 0.161 e. The Morgan fingerprint density at radius 2 is 1.62 bits per heavy atom. The number of carbonyl (C=O) groups is 1. The molecule has 26 heavy (non-hydrogen) atoms. The molecule has 0 aliphatic heterocycles. The van der Waals surface area contributed by atoms with E-state index < -0.39 is 11.3 Å². The third-order valence-corrected chi connectivity index (χ3v) is 7.86. The summed E-state index contributed by atoms with van der Waals surface area (Å²) in [6, 6.07) is 11.7. The second-order valence-electron chi connectivity index (χ2n) is 9.17. The summed E-state index contributed by atoms with van der Waals surface area (Å²) in [5, 5.41) is 20.2. The number of hydrogen-bond acceptors (Lipinski definition) is 3. The summed E-state index contributed by atoms with van der Waals surface area (Å²) in [6.45, 7) is 0. The molecule has 5 aliphatic rings. The molecule has 5 fully saturated rings. The molecule has 0 unspecified atom stereocenters. The highest BCUT2D eigenvalue weighted by atomic mass is 35.5. The first-order valence-electron chi connectivity index (χ1n) is 9.63. The molecule has 0 spiro atoms. The normalized spacial score (nSPS) is 41.3. The minimum Gasteiger partial charge on any atom is -0.299 e. The van der Waals surface area contributed by atoms with Gasteiger partial charge in [0.15, 0.2) is 5.41 Å². The molecule has 6 rings (SSSR count). The van der Waals surface area contributed by atoms with E-state index in [-0.39, 0.29) is 17.1 Å². The molecule has 0 amide bonds. The molecule has 2 atom stereocenters. The second-order valence-corrected chi connectivity index (χ2v) is 9.60. The van der Waals surface area contributed by atoms with E-state index in [4.69, 9.17) is 11.6 Å². The summed E-state index contributed by atoms with van der Waals surface area (Å²) in [4.78, 5) is 13.7. The summed E-state index contributed by atoms with van der Waals surface area (Å²) in [6.07, 6.45) is 6.75. The molecule has 1 aromatic rings. The number of rotatable bonds is 3. The van der Waals surface area contributed by atoms with E-state index in [2.05, 4.69) is 12.1 Å². The quantitative estimate of drug-likeness (QED) is 0.768. The minimum absolute atomic E-state index is 0.199. The first kappa shape index (κ1) is 16.3. The summed E-state index contributed by atoms with van der Waals surface area (Å²) in [5.74, 6) is 1.39. The van der Waals surface area contributed by atoms with E-state index >= 15 is 0 Å². The number of carbonyl (C=O) groups excluding carboxylic acids is 1. The van der Waals surface area contributed by atoms with Crippen molar-refractivity contribution in [1.82, 2.24) is 0 Å². The Morgan fingerprint density at radius 3 is 2.12 bits per heavy atom. The van der Waals surface area contributed by atoms with Crippen molar-refractivity contribution in [3.05, 3.63) is 34.9 Å². The molecule has 1 aromatic carbocycles. The molecule has 0 aromatic heterocycles. The van der Waals surface area contributed by atoms with Crippen molar-refractivity contribution in [2.45, 2.75) is 44.4 Å². The molecule has 4 heteroatoms. The van der Waals surface area contributed by atoms with Gasteiger partial charge >= 0.3 is 0 Å². The van der Waals surface area contributed by atoms with Crippen molar-refractivity contribution in [3.63, 3.8) is 0 Å². The van der Waals surface area contributed by atoms with Crippen molar-refractivity contribution < 1.29 is 4.79 Å². The van der Waals surface area contributed by atoms with Crippen LogP contribution in [0.15, 0.2) is 24.3 Å². The fourth-order valence-electron chi connectivity index (χ4n) is 6.95. The topological polar surface area (TPSA) is 64.7 Å². The lowest BCUT2D eigenvalue weighted by molar-refractivity contribution is -0.145. The number of hydrogen-bond donors (Lipinski definition) is 0. The van der Waals surface area contributed by atoms with E-state index in [0.717, 1.165) is 24.8 Å². The van der Waals surface area contributed by atoms with Gasteiger partial charge in [0, 0.05) is 16.4 Å². The molecule has 132 valence electrons. The van der Waals surface area contributed by atoms with Crippen molar-refractivity contribution >= 4 is 17.4 Å². The highest BCUT2D eigenvalue weighted by molar-refractivity contribution is 6.30. The maximum absolute atomic E-state index is 13.7. The van der Waals surface area contributed by atoms with Gasteiger partial charge in [0.05, 0.1) is 18.1 Å². The molecule has 5 saturated carbocycles. The summed E-state index contributed by atoms with van der Waals surface area (Å²) < 4.78 is 0. The van der Waals surface area contributed by atoms with Crippen molar-refractivity contribution in [3.8, 4) is 12.1 Å². The first-order valence-corrected chi connectivity index (χ1v) is 10.0. The van der Waals surface area contributed by atoms with Crippen LogP contribution in [0.3, 0.4) is 0 Å². The number of nitriles is 2. The van der Waals surface area contributed by atoms with Crippen LogP contribution in [0.5, 0.6) is 0 Å². The molecule has 0 radical (unpaired) electrons. The zero-order valence-corrected chi connectivity index (χ0v) is 15.4. The van der Waals surface area contributed by atoms with Gasteiger partial charge in [-0.25, -0.2) is 0 Å². The number of ketones is 1. The minimum atomic E-state index is -1.22. The van der Waals surface area contributed by atoms with Crippen LogP contribution in [-0.4, -0.2) is 5.78 Å². The van der Waals surface area contributed by atoms with Crippen LogP contribution in [0.25, 0.3) is 0 Å². The predicted octanol–water partition coefficient (Wildman–Crippen LogP) is 4.87. The Kier molecular flexibility index (Phi) is 3.35. The molecule has 0 saturated heterocycles. The van der Waals surface area contributed by atoms with E-state index in [1.165, 1.54) is 19.3 Å².